The first-order valence-electron chi connectivity index (χ1n) is 9.50. The molecule has 4 aromatic rings. The van der Waals surface area contributed by atoms with Crippen LogP contribution in [0.2, 0.25) is 0 Å². The molecule has 4 rings (SSSR count). The molecule has 0 aliphatic carbocycles. The van der Waals surface area contributed by atoms with E-state index in [-0.39, 0.29) is 16.5 Å². The van der Waals surface area contributed by atoms with Crippen LogP contribution in [0.25, 0.3) is 17.0 Å². The van der Waals surface area contributed by atoms with Crippen LogP contribution < -0.4 is 9.46 Å². The van der Waals surface area contributed by atoms with Crippen molar-refractivity contribution in [1.82, 2.24) is 24.6 Å². The van der Waals surface area contributed by atoms with Crippen LogP contribution in [0.15, 0.2) is 53.8 Å². The Morgan fingerprint density at radius 3 is 2.58 bits per heavy atom. The third kappa shape index (κ3) is 4.74. The van der Waals surface area contributed by atoms with E-state index in [9.17, 15) is 17.9 Å². The first kappa shape index (κ1) is 22.1. The Hall–Kier alpha value is -4.08. The summed E-state index contributed by atoms with van der Waals surface area (Å²) in [4.78, 5) is 12.4. The first-order valence-corrected chi connectivity index (χ1v) is 11.0. The number of fused-ring (bicyclic) bond motifs is 1. The van der Waals surface area contributed by atoms with Crippen LogP contribution in [0.4, 0.5) is 10.1 Å². The highest BCUT2D eigenvalue weighted by Crippen LogP contribution is 2.29. The molecular formula is C21H17FN6O4S. The van der Waals surface area contributed by atoms with Gasteiger partial charge >= 0.3 is 0 Å². The van der Waals surface area contributed by atoms with Crippen LogP contribution in [0.5, 0.6) is 5.88 Å². The van der Waals surface area contributed by atoms with E-state index >= 15 is 0 Å². The molecule has 10 nitrogen and oxygen atoms in total. The number of nitrogens with zero attached hydrogens (tertiary/aromatic N) is 5. The summed E-state index contributed by atoms with van der Waals surface area (Å²) < 4.78 is 47.7. The quantitative estimate of drug-likeness (QED) is 0.425. The third-order valence-corrected chi connectivity index (χ3v) is 5.73. The van der Waals surface area contributed by atoms with Crippen molar-refractivity contribution in [1.29, 1.82) is 0 Å². The van der Waals surface area contributed by atoms with Gasteiger partial charge in [0.1, 0.15) is 29.0 Å². The number of hydrogen-bond donors (Lipinski definition) is 2. The zero-order chi connectivity index (χ0) is 23.6. The maximum Gasteiger partial charge on any atom is 0.262 e. The number of aromatic nitrogens is 5. The fraction of sp³-hybridized carbons (Fsp3) is 0.143. The minimum atomic E-state index is -4.04. The average molecular weight is 468 g/mol. The Labute approximate surface area is 188 Å². The monoisotopic (exact) mass is 468 g/mol. The number of hydrogen-bond acceptors (Lipinski definition) is 8. The highest BCUT2D eigenvalue weighted by atomic mass is 32.2. The Bertz CT molecular complexity index is 1490. The lowest BCUT2D eigenvalue weighted by Crippen LogP contribution is -2.14. The van der Waals surface area contributed by atoms with Gasteiger partial charge in [-0.3, -0.25) is 4.72 Å². The van der Waals surface area contributed by atoms with Gasteiger partial charge in [0.05, 0.1) is 24.4 Å². The van der Waals surface area contributed by atoms with Gasteiger partial charge in [0.25, 0.3) is 15.8 Å². The lowest BCUT2D eigenvalue weighted by Gasteiger charge is -2.12. The number of methoxy groups -OCH3 is 1. The molecule has 1 aromatic carbocycles. The number of rotatable bonds is 5. The van der Waals surface area contributed by atoms with E-state index < -0.39 is 21.9 Å². The Balaban J connectivity index is 1.74. The maximum atomic E-state index is 13.2. The lowest BCUT2D eigenvalue weighted by molar-refractivity contribution is 0.253. The first-order chi connectivity index (χ1) is 15.8. The van der Waals surface area contributed by atoms with Gasteiger partial charge in [0, 0.05) is 11.8 Å². The Morgan fingerprint density at radius 1 is 1.15 bits per heavy atom. The molecular weight excluding hydrogens is 451 g/mol. The van der Waals surface area contributed by atoms with Crippen LogP contribution >= 0.6 is 0 Å². The number of imidazole rings is 1. The van der Waals surface area contributed by atoms with E-state index in [1.54, 1.807) is 0 Å². The summed E-state index contributed by atoms with van der Waals surface area (Å²) in [5.41, 5.74) is 1.27. The van der Waals surface area contributed by atoms with Gasteiger partial charge in [0.15, 0.2) is 0 Å². The van der Waals surface area contributed by atoms with Gasteiger partial charge < -0.3 is 9.84 Å². The molecule has 3 aromatic heterocycles. The predicted molar refractivity (Wildman–Crippen MR) is 116 cm³/mol. The molecule has 2 N–H and O–H groups in total. The van der Waals surface area contributed by atoms with Gasteiger partial charge in [-0.15, -0.1) is 0 Å². The topological polar surface area (TPSA) is 132 Å². The molecule has 0 radical (unpaired) electrons. The zero-order valence-electron chi connectivity index (χ0n) is 17.4. The third-order valence-electron chi connectivity index (χ3n) is 4.35. The van der Waals surface area contributed by atoms with Crippen LogP contribution in [0, 0.1) is 17.7 Å². The molecule has 0 fully saturated rings. The zero-order valence-corrected chi connectivity index (χ0v) is 18.2. The number of pyridine rings is 1. The van der Waals surface area contributed by atoms with Crippen molar-refractivity contribution >= 4 is 21.5 Å². The number of sulfonamides is 1. The highest BCUT2D eigenvalue weighted by Gasteiger charge is 2.19. The fourth-order valence-corrected chi connectivity index (χ4v) is 3.86. The number of ether oxygens (including phenoxy) is 1. The number of nitrogens with one attached hydrogen (secondary N) is 1. The second-order valence-corrected chi connectivity index (χ2v) is 8.47. The van der Waals surface area contributed by atoms with Crippen LogP contribution in [-0.4, -0.2) is 51.3 Å². The van der Waals surface area contributed by atoms with E-state index in [4.69, 9.17) is 4.74 Å². The smallest absolute Gasteiger partial charge is 0.262 e. The molecule has 3 heterocycles. The predicted octanol–water partition coefficient (Wildman–Crippen LogP) is 1.87. The number of anilines is 1. The molecule has 1 unspecified atom stereocenters. The molecule has 12 heteroatoms. The molecule has 0 amide bonds. The number of aliphatic hydroxyl groups is 1. The molecule has 0 spiro atoms. The lowest BCUT2D eigenvalue weighted by atomic mass is 10.2. The standard InChI is InChI=1S/C21H17FN6O4S/c1-13(29)3-6-16-11-24-21-25-12-19(26-28(16)21)14-9-18(20(32-2)23-10-14)27-33(30,31)17-7-4-15(22)5-8-17/h4-5,7-13,27,29H,1-2H3. The summed E-state index contributed by atoms with van der Waals surface area (Å²) in [5, 5.41) is 13.8. The van der Waals surface area contributed by atoms with Gasteiger partial charge in [-0.1, -0.05) is 5.92 Å². The minimum Gasteiger partial charge on any atom is -0.480 e. The van der Waals surface area contributed by atoms with Crippen molar-refractivity contribution in [2.45, 2.75) is 17.9 Å². The van der Waals surface area contributed by atoms with Gasteiger partial charge in [-0.2, -0.15) is 9.61 Å². The van der Waals surface area contributed by atoms with Crippen molar-refractivity contribution in [2.75, 3.05) is 11.8 Å². The minimum absolute atomic E-state index is 0.0320. The summed E-state index contributed by atoms with van der Waals surface area (Å²) >= 11 is 0. The Morgan fingerprint density at radius 2 is 1.88 bits per heavy atom. The van der Waals surface area contributed by atoms with Crippen LogP contribution in [-0.2, 0) is 10.0 Å². The maximum absolute atomic E-state index is 13.2. The van der Waals surface area contributed by atoms with E-state index in [0.29, 0.717) is 22.7 Å². The van der Waals surface area contributed by atoms with Crippen molar-refractivity contribution in [2.24, 2.45) is 0 Å². The largest absolute Gasteiger partial charge is 0.480 e. The van der Waals surface area contributed by atoms with Gasteiger partial charge in [0.2, 0.25) is 5.88 Å². The van der Waals surface area contributed by atoms with E-state index in [2.05, 4.69) is 36.6 Å². The second-order valence-electron chi connectivity index (χ2n) is 6.78. The van der Waals surface area contributed by atoms with Crippen molar-refractivity contribution in [3.8, 4) is 29.0 Å². The molecule has 0 saturated carbocycles. The summed E-state index contributed by atoms with van der Waals surface area (Å²) in [7, 11) is -2.69. The fourth-order valence-electron chi connectivity index (χ4n) is 2.82. The molecule has 33 heavy (non-hydrogen) atoms. The van der Waals surface area contributed by atoms with Crippen LogP contribution in [0.3, 0.4) is 0 Å². The normalized spacial score (nSPS) is 12.1. The summed E-state index contributed by atoms with van der Waals surface area (Å²) in [6, 6.07) is 5.88. The molecule has 0 aliphatic rings. The summed E-state index contributed by atoms with van der Waals surface area (Å²) in [6.45, 7) is 1.53. The van der Waals surface area contributed by atoms with Gasteiger partial charge in [-0.25, -0.2) is 27.8 Å². The average Bonchev–Trinajstić information content (AvgIpc) is 3.20. The molecule has 0 bridgehead atoms. The number of benzene rings is 1. The summed E-state index contributed by atoms with van der Waals surface area (Å²) in [6.07, 6.45) is 3.55. The number of halogens is 1. The molecule has 168 valence electrons. The van der Waals surface area contributed by atoms with Gasteiger partial charge in [-0.05, 0) is 43.2 Å². The molecule has 0 saturated heterocycles. The molecule has 0 aliphatic heterocycles. The Kier molecular flexibility index (Phi) is 5.91. The second kappa shape index (κ2) is 8.81. The molecule has 1 atom stereocenters. The van der Waals surface area contributed by atoms with E-state index in [1.807, 2.05) is 0 Å². The summed E-state index contributed by atoms with van der Waals surface area (Å²) in [5.74, 6) is 5.16. The highest BCUT2D eigenvalue weighted by molar-refractivity contribution is 7.92. The van der Waals surface area contributed by atoms with E-state index in [0.717, 1.165) is 24.3 Å². The van der Waals surface area contributed by atoms with Crippen LogP contribution in [0.1, 0.15) is 12.6 Å². The van der Waals surface area contributed by atoms with Crippen molar-refractivity contribution in [3.63, 3.8) is 0 Å². The SMILES string of the molecule is COc1ncc(-c2cnc3ncc(C#CC(C)O)n3n2)cc1NS(=O)(=O)c1ccc(F)cc1. The van der Waals surface area contributed by atoms with Crippen molar-refractivity contribution < 1.29 is 22.7 Å². The number of aliphatic hydroxyl groups excluding tert-OH is 1. The van der Waals surface area contributed by atoms with E-state index in [1.165, 1.54) is 43.2 Å². The van der Waals surface area contributed by atoms with Crippen molar-refractivity contribution in [3.05, 3.63) is 60.4 Å².